The van der Waals surface area contributed by atoms with Crippen molar-refractivity contribution in [2.75, 3.05) is 21.3 Å². The van der Waals surface area contributed by atoms with Crippen LogP contribution >= 0.6 is 0 Å². The monoisotopic (exact) mass is 341 g/mol. The predicted octanol–water partition coefficient (Wildman–Crippen LogP) is 2.18. The van der Waals surface area contributed by atoms with E-state index in [4.69, 9.17) is 14.2 Å². The zero-order valence-electron chi connectivity index (χ0n) is 14.3. The molecule has 0 saturated carbocycles. The van der Waals surface area contributed by atoms with Gasteiger partial charge in [0.1, 0.15) is 5.82 Å². The van der Waals surface area contributed by atoms with Crippen LogP contribution in [0.1, 0.15) is 11.4 Å². The van der Waals surface area contributed by atoms with E-state index >= 15 is 0 Å². The molecule has 3 aromatic rings. The van der Waals surface area contributed by atoms with E-state index in [0.717, 1.165) is 5.56 Å². The van der Waals surface area contributed by atoms with E-state index < -0.39 is 0 Å². The molecule has 25 heavy (non-hydrogen) atoms. The second kappa shape index (κ2) is 7.12. The third kappa shape index (κ3) is 3.21. The largest absolute Gasteiger partial charge is 0.493 e. The predicted molar refractivity (Wildman–Crippen MR) is 93.1 cm³/mol. The summed E-state index contributed by atoms with van der Waals surface area (Å²) < 4.78 is 17.6. The van der Waals surface area contributed by atoms with Crippen LogP contribution in [-0.4, -0.2) is 36.1 Å². The lowest BCUT2D eigenvalue weighted by molar-refractivity contribution is 0.324. The first-order chi connectivity index (χ1) is 12.2. The first-order valence-electron chi connectivity index (χ1n) is 7.68. The maximum absolute atomic E-state index is 12.3. The van der Waals surface area contributed by atoms with Crippen LogP contribution in [0.25, 0.3) is 5.69 Å². The summed E-state index contributed by atoms with van der Waals surface area (Å²) in [4.78, 5) is 12.3. The van der Waals surface area contributed by atoms with Gasteiger partial charge in [0.2, 0.25) is 5.75 Å². The quantitative estimate of drug-likeness (QED) is 0.743. The molecule has 0 fully saturated rings. The molecule has 3 rings (SSSR count). The molecule has 0 atom stereocenters. The van der Waals surface area contributed by atoms with Crippen molar-refractivity contribution < 1.29 is 14.2 Å². The number of rotatable bonds is 6. The summed E-state index contributed by atoms with van der Waals surface area (Å²) in [5.41, 5.74) is 1.30. The molecule has 0 saturated heterocycles. The molecule has 1 heterocycles. The van der Waals surface area contributed by atoms with Gasteiger partial charge in [0.25, 0.3) is 0 Å². The summed E-state index contributed by atoms with van der Waals surface area (Å²) in [6.45, 7) is 0. The van der Waals surface area contributed by atoms with Crippen molar-refractivity contribution in [3.05, 3.63) is 64.3 Å². The van der Waals surface area contributed by atoms with Crippen molar-refractivity contribution in [2.24, 2.45) is 0 Å². The molecule has 1 N–H and O–H groups in total. The van der Waals surface area contributed by atoms with Crippen LogP contribution in [0.3, 0.4) is 0 Å². The SMILES string of the molecule is COc1cc(-n2c(Cc3ccccc3)n[nH]c2=O)cc(OC)c1OC. The number of methoxy groups -OCH3 is 3. The number of H-pyrrole nitrogens is 1. The van der Waals surface area contributed by atoms with E-state index in [0.29, 0.717) is 35.2 Å². The number of hydrogen-bond donors (Lipinski definition) is 1. The highest BCUT2D eigenvalue weighted by Gasteiger charge is 2.18. The van der Waals surface area contributed by atoms with Crippen LogP contribution in [0, 0.1) is 0 Å². The lowest BCUT2D eigenvalue weighted by Gasteiger charge is -2.15. The molecular formula is C18H19N3O4. The lowest BCUT2D eigenvalue weighted by Crippen LogP contribution is -2.17. The van der Waals surface area contributed by atoms with Gasteiger partial charge in [-0.15, -0.1) is 0 Å². The van der Waals surface area contributed by atoms with Gasteiger partial charge in [0, 0.05) is 18.6 Å². The van der Waals surface area contributed by atoms with Gasteiger partial charge in [-0.2, -0.15) is 5.10 Å². The molecule has 130 valence electrons. The fourth-order valence-electron chi connectivity index (χ4n) is 2.69. The van der Waals surface area contributed by atoms with Gasteiger partial charge in [-0.1, -0.05) is 30.3 Å². The second-order valence-corrected chi connectivity index (χ2v) is 5.33. The van der Waals surface area contributed by atoms with Crippen molar-refractivity contribution in [3.8, 4) is 22.9 Å². The Bertz CT molecular complexity index is 891. The topological polar surface area (TPSA) is 78.4 Å². The molecule has 0 aliphatic rings. The molecule has 0 aliphatic carbocycles. The van der Waals surface area contributed by atoms with Gasteiger partial charge < -0.3 is 14.2 Å². The molecule has 0 radical (unpaired) electrons. The van der Waals surface area contributed by atoms with E-state index in [-0.39, 0.29) is 5.69 Å². The highest BCUT2D eigenvalue weighted by molar-refractivity contribution is 5.58. The Hall–Kier alpha value is -3.22. The second-order valence-electron chi connectivity index (χ2n) is 5.33. The standard InChI is InChI=1S/C18H19N3O4/c1-23-14-10-13(11-15(24-2)17(14)25-3)21-16(19-20-18(21)22)9-12-7-5-4-6-8-12/h4-8,10-11H,9H2,1-3H3,(H,20,22). The molecule has 0 spiro atoms. The van der Waals surface area contributed by atoms with Crippen molar-refractivity contribution >= 4 is 0 Å². The average Bonchev–Trinajstić information content (AvgIpc) is 3.01. The van der Waals surface area contributed by atoms with Gasteiger partial charge in [-0.25, -0.2) is 14.5 Å². The Morgan fingerprint density at radius 1 is 1.00 bits per heavy atom. The highest BCUT2D eigenvalue weighted by Crippen LogP contribution is 2.39. The molecular weight excluding hydrogens is 322 g/mol. The van der Waals surface area contributed by atoms with Crippen LogP contribution in [0.15, 0.2) is 47.3 Å². The maximum atomic E-state index is 12.3. The van der Waals surface area contributed by atoms with Crippen molar-refractivity contribution in [1.29, 1.82) is 0 Å². The van der Waals surface area contributed by atoms with Crippen molar-refractivity contribution in [3.63, 3.8) is 0 Å². The van der Waals surface area contributed by atoms with E-state index in [1.807, 2.05) is 30.3 Å². The smallest absolute Gasteiger partial charge is 0.347 e. The Balaban J connectivity index is 2.11. The maximum Gasteiger partial charge on any atom is 0.347 e. The van der Waals surface area contributed by atoms with E-state index in [1.54, 1.807) is 12.1 Å². The zero-order chi connectivity index (χ0) is 17.8. The Morgan fingerprint density at radius 2 is 1.64 bits per heavy atom. The molecule has 7 heteroatoms. The normalized spacial score (nSPS) is 10.5. The minimum absolute atomic E-state index is 0.333. The number of aromatic amines is 1. The number of ether oxygens (including phenoxy) is 3. The first-order valence-corrected chi connectivity index (χ1v) is 7.68. The molecule has 0 unspecified atom stereocenters. The van der Waals surface area contributed by atoms with Crippen LogP contribution < -0.4 is 19.9 Å². The number of nitrogens with zero attached hydrogens (tertiary/aromatic N) is 2. The number of hydrogen-bond acceptors (Lipinski definition) is 5. The third-order valence-corrected chi connectivity index (χ3v) is 3.85. The van der Waals surface area contributed by atoms with E-state index in [2.05, 4.69) is 10.2 Å². The Kier molecular flexibility index (Phi) is 4.74. The van der Waals surface area contributed by atoms with Gasteiger partial charge in [0.15, 0.2) is 11.5 Å². The van der Waals surface area contributed by atoms with Crippen molar-refractivity contribution in [2.45, 2.75) is 6.42 Å². The van der Waals surface area contributed by atoms with Crippen LogP contribution in [-0.2, 0) is 6.42 Å². The summed E-state index contributed by atoms with van der Waals surface area (Å²) in [5.74, 6) is 1.99. The first kappa shape index (κ1) is 16.6. The lowest BCUT2D eigenvalue weighted by atomic mass is 10.1. The third-order valence-electron chi connectivity index (χ3n) is 3.85. The average molecular weight is 341 g/mol. The van der Waals surface area contributed by atoms with Gasteiger partial charge in [-0.05, 0) is 5.56 Å². The fourth-order valence-corrected chi connectivity index (χ4v) is 2.69. The molecule has 0 bridgehead atoms. The van der Waals surface area contributed by atoms with Crippen LogP contribution in [0.4, 0.5) is 0 Å². The molecule has 0 amide bonds. The number of nitrogens with one attached hydrogen (secondary N) is 1. The van der Waals surface area contributed by atoms with Crippen LogP contribution in [0.5, 0.6) is 17.2 Å². The van der Waals surface area contributed by atoms with E-state index in [9.17, 15) is 4.79 Å². The van der Waals surface area contributed by atoms with Gasteiger partial charge in [0.05, 0.1) is 27.0 Å². The minimum Gasteiger partial charge on any atom is -0.493 e. The summed E-state index contributed by atoms with van der Waals surface area (Å²) in [5, 5.41) is 6.66. The Labute approximate surface area is 144 Å². The van der Waals surface area contributed by atoms with Gasteiger partial charge >= 0.3 is 5.69 Å². The fraction of sp³-hybridized carbons (Fsp3) is 0.222. The highest BCUT2D eigenvalue weighted by atomic mass is 16.5. The summed E-state index contributed by atoms with van der Waals surface area (Å²) in [7, 11) is 4.60. The zero-order valence-corrected chi connectivity index (χ0v) is 14.3. The minimum atomic E-state index is -0.333. The molecule has 7 nitrogen and oxygen atoms in total. The number of benzene rings is 2. The Morgan fingerprint density at radius 3 is 2.20 bits per heavy atom. The van der Waals surface area contributed by atoms with Crippen LogP contribution in [0.2, 0.25) is 0 Å². The summed E-state index contributed by atoms with van der Waals surface area (Å²) in [6, 6.07) is 13.2. The van der Waals surface area contributed by atoms with Crippen molar-refractivity contribution in [1.82, 2.24) is 14.8 Å². The molecule has 0 aliphatic heterocycles. The van der Waals surface area contributed by atoms with Gasteiger partial charge in [-0.3, -0.25) is 0 Å². The number of aromatic nitrogens is 3. The molecule has 2 aromatic carbocycles. The summed E-state index contributed by atoms with van der Waals surface area (Å²) >= 11 is 0. The van der Waals surface area contributed by atoms with E-state index in [1.165, 1.54) is 25.9 Å². The summed E-state index contributed by atoms with van der Waals surface area (Å²) in [6.07, 6.45) is 0.510. The molecule has 1 aromatic heterocycles.